The summed E-state index contributed by atoms with van der Waals surface area (Å²) in [5.74, 6) is -1.98. The molecule has 4 rings (SSSR count). The van der Waals surface area contributed by atoms with Crippen LogP contribution in [0.5, 0.6) is 5.75 Å². The molecule has 2 aromatic carbocycles. The van der Waals surface area contributed by atoms with Crippen LogP contribution < -0.4 is 9.64 Å². The van der Waals surface area contributed by atoms with Crippen LogP contribution in [0.4, 0.5) is 5.69 Å². The Balaban J connectivity index is 1.95. The highest BCUT2D eigenvalue weighted by molar-refractivity contribution is 6.50. The number of amides is 2. The number of methoxy groups -OCH3 is 1. The molecule has 0 radical (unpaired) electrons. The molecule has 0 bridgehead atoms. The van der Waals surface area contributed by atoms with Gasteiger partial charge in [0.05, 0.1) is 24.5 Å². The summed E-state index contributed by atoms with van der Waals surface area (Å²) in [6, 6.07) is 13.6. The van der Waals surface area contributed by atoms with Gasteiger partial charge in [-0.1, -0.05) is 25.1 Å². The number of anilines is 1. The molecule has 178 valence electrons. The van der Waals surface area contributed by atoms with Crippen LogP contribution in [0.2, 0.25) is 0 Å². The summed E-state index contributed by atoms with van der Waals surface area (Å²) in [7, 11) is 1.48. The predicted octanol–water partition coefficient (Wildman–Crippen LogP) is 3.06. The maximum absolute atomic E-state index is 14.0. The Bertz CT molecular complexity index is 1160. The lowest BCUT2D eigenvalue weighted by molar-refractivity contribution is -0.144. The normalized spacial score (nSPS) is 21.0. The number of fused-ring (bicyclic) bond motifs is 2. The number of para-hydroxylation sites is 1. The smallest absolute Gasteiger partial charge is 0.296 e. The van der Waals surface area contributed by atoms with Crippen LogP contribution in [0.15, 0.2) is 54.1 Å². The fourth-order valence-corrected chi connectivity index (χ4v) is 4.74. The van der Waals surface area contributed by atoms with Crippen molar-refractivity contribution in [3.8, 4) is 5.75 Å². The number of likely N-dealkylation sites (N-methyl/N-ethyl adjacent to an activating group) is 1. The third kappa shape index (κ3) is 3.37. The second-order valence-electron chi connectivity index (χ2n) is 8.15. The average Bonchev–Trinajstić information content (AvgIpc) is 3.24. The second-order valence-corrected chi connectivity index (χ2v) is 8.15. The van der Waals surface area contributed by atoms with Crippen molar-refractivity contribution < 1.29 is 29.0 Å². The van der Waals surface area contributed by atoms with Crippen molar-refractivity contribution in [3.63, 3.8) is 0 Å². The number of ketones is 1. The standard InChI is InChI=1S/C26H28N2O6/c1-4-15-34-18-12-10-17(11-13-18)22(29)21-23(30)24(31)28(14-16-33-3)26(21)19-8-6-7-9-20(19)27(5-2)25(26)32/h6-13,29H,4-5,14-16H2,1-3H3. The van der Waals surface area contributed by atoms with E-state index in [4.69, 9.17) is 9.47 Å². The first-order valence-corrected chi connectivity index (χ1v) is 11.4. The van der Waals surface area contributed by atoms with Gasteiger partial charge in [0, 0.05) is 31.3 Å². The Labute approximate surface area is 198 Å². The third-order valence-electron chi connectivity index (χ3n) is 6.25. The number of carbonyl (C=O) groups is 3. The molecule has 8 nitrogen and oxygen atoms in total. The fourth-order valence-electron chi connectivity index (χ4n) is 4.74. The highest BCUT2D eigenvalue weighted by atomic mass is 16.5. The van der Waals surface area contributed by atoms with Gasteiger partial charge in [-0.3, -0.25) is 14.4 Å². The first kappa shape index (κ1) is 23.5. The number of likely N-dealkylation sites (tertiary alicyclic amines) is 1. The molecule has 2 aromatic rings. The number of aliphatic hydroxyl groups excluding tert-OH is 1. The van der Waals surface area contributed by atoms with Crippen molar-refractivity contribution in [1.29, 1.82) is 0 Å². The number of benzene rings is 2. The van der Waals surface area contributed by atoms with E-state index in [1.807, 2.05) is 13.8 Å². The molecular formula is C26H28N2O6. The van der Waals surface area contributed by atoms with Gasteiger partial charge in [-0.25, -0.2) is 0 Å². The van der Waals surface area contributed by atoms with E-state index in [-0.39, 0.29) is 18.7 Å². The van der Waals surface area contributed by atoms with Crippen LogP contribution in [0, 0.1) is 0 Å². The summed E-state index contributed by atoms with van der Waals surface area (Å²) in [5, 5.41) is 11.4. The van der Waals surface area contributed by atoms with Gasteiger partial charge in [-0.2, -0.15) is 0 Å². The molecule has 2 aliphatic rings. The van der Waals surface area contributed by atoms with Crippen molar-refractivity contribution in [2.45, 2.75) is 25.8 Å². The summed E-state index contributed by atoms with van der Waals surface area (Å²) in [4.78, 5) is 43.3. The lowest BCUT2D eigenvalue weighted by Crippen LogP contribution is -2.52. The highest BCUT2D eigenvalue weighted by Crippen LogP contribution is 2.53. The summed E-state index contributed by atoms with van der Waals surface area (Å²) >= 11 is 0. The van der Waals surface area contributed by atoms with E-state index in [9.17, 15) is 19.5 Å². The number of rotatable bonds is 8. The topological polar surface area (TPSA) is 96.4 Å². The molecule has 1 spiro atoms. The van der Waals surface area contributed by atoms with E-state index in [0.29, 0.717) is 35.7 Å². The van der Waals surface area contributed by atoms with Gasteiger partial charge in [0.25, 0.3) is 17.6 Å². The zero-order valence-corrected chi connectivity index (χ0v) is 19.5. The van der Waals surface area contributed by atoms with Crippen molar-refractivity contribution in [1.82, 2.24) is 4.90 Å². The number of ether oxygens (including phenoxy) is 2. The molecule has 0 saturated carbocycles. The first-order chi connectivity index (χ1) is 16.4. The van der Waals surface area contributed by atoms with Gasteiger partial charge in [-0.05, 0) is 43.7 Å². The van der Waals surface area contributed by atoms with E-state index in [1.165, 1.54) is 16.9 Å². The molecule has 2 aliphatic heterocycles. The van der Waals surface area contributed by atoms with Gasteiger partial charge >= 0.3 is 0 Å². The number of aliphatic hydroxyl groups is 1. The number of hydrogen-bond acceptors (Lipinski definition) is 6. The van der Waals surface area contributed by atoms with Crippen LogP contribution in [-0.2, 0) is 24.7 Å². The molecule has 2 amide bonds. The zero-order valence-electron chi connectivity index (χ0n) is 19.5. The summed E-state index contributed by atoms with van der Waals surface area (Å²) in [6.07, 6.45) is 0.850. The Hall–Kier alpha value is -3.65. The highest BCUT2D eigenvalue weighted by Gasteiger charge is 2.66. The lowest BCUT2D eigenvalue weighted by Gasteiger charge is -2.34. The summed E-state index contributed by atoms with van der Waals surface area (Å²) in [6.45, 7) is 4.85. The molecule has 1 N–H and O–H groups in total. The van der Waals surface area contributed by atoms with Crippen LogP contribution in [-0.4, -0.2) is 61.0 Å². The number of Topliss-reactive ketones (excluding diaryl/α,β-unsaturated/α-hetero) is 1. The summed E-state index contributed by atoms with van der Waals surface area (Å²) < 4.78 is 10.8. The molecule has 1 unspecified atom stereocenters. The number of hydrogen-bond donors (Lipinski definition) is 1. The minimum Gasteiger partial charge on any atom is -0.507 e. The van der Waals surface area contributed by atoms with Crippen molar-refractivity contribution >= 4 is 29.0 Å². The van der Waals surface area contributed by atoms with E-state index >= 15 is 0 Å². The van der Waals surface area contributed by atoms with Gasteiger partial charge in [-0.15, -0.1) is 0 Å². The molecule has 2 heterocycles. The maximum atomic E-state index is 14.0. The average molecular weight is 465 g/mol. The number of carbonyl (C=O) groups excluding carboxylic acids is 3. The predicted molar refractivity (Wildman–Crippen MR) is 127 cm³/mol. The van der Waals surface area contributed by atoms with Crippen LogP contribution in [0.3, 0.4) is 0 Å². The van der Waals surface area contributed by atoms with Gasteiger partial charge < -0.3 is 24.4 Å². The molecule has 1 saturated heterocycles. The molecular weight excluding hydrogens is 436 g/mol. The van der Waals surface area contributed by atoms with E-state index in [1.54, 1.807) is 48.5 Å². The van der Waals surface area contributed by atoms with E-state index in [2.05, 4.69) is 0 Å². The van der Waals surface area contributed by atoms with E-state index in [0.717, 1.165) is 6.42 Å². The van der Waals surface area contributed by atoms with Crippen molar-refractivity contribution in [2.24, 2.45) is 0 Å². The minimum absolute atomic E-state index is 0.0132. The molecule has 8 heteroatoms. The molecule has 34 heavy (non-hydrogen) atoms. The Morgan fingerprint density at radius 3 is 2.35 bits per heavy atom. The monoisotopic (exact) mass is 464 g/mol. The lowest BCUT2D eigenvalue weighted by atomic mass is 9.82. The van der Waals surface area contributed by atoms with Gasteiger partial charge in [0.1, 0.15) is 11.5 Å². The SMILES string of the molecule is CCCOc1ccc(C(O)=C2C(=O)C(=O)N(CCOC)C23C(=O)N(CC)c2ccccc23)cc1. The second kappa shape index (κ2) is 9.30. The quantitative estimate of drug-likeness (QED) is 0.366. The Morgan fingerprint density at radius 1 is 1.00 bits per heavy atom. The minimum atomic E-state index is -1.76. The summed E-state index contributed by atoms with van der Waals surface area (Å²) in [5.41, 5.74) is -0.589. The van der Waals surface area contributed by atoms with Crippen LogP contribution in [0.25, 0.3) is 5.76 Å². The van der Waals surface area contributed by atoms with Gasteiger partial charge in [0.15, 0.2) is 5.54 Å². The molecule has 1 atom stereocenters. The third-order valence-corrected chi connectivity index (χ3v) is 6.25. The van der Waals surface area contributed by atoms with Gasteiger partial charge in [0.2, 0.25) is 0 Å². The van der Waals surface area contributed by atoms with Crippen LogP contribution >= 0.6 is 0 Å². The zero-order chi connectivity index (χ0) is 24.5. The largest absolute Gasteiger partial charge is 0.507 e. The number of nitrogens with zero attached hydrogens (tertiary/aromatic N) is 2. The van der Waals surface area contributed by atoms with E-state index < -0.39 is 28.9 Å². The Kier molecular flexibility index (Phi) is 6.43. The molecule has 1 fully saturated rings. The molecule has 0 aliphatic carbocycles. The maximum Gasteiger partial charge on any atom is 0.296 e. The van der Waals surface area contributed by atoms with Crippen molar-refractivity contribution in [3.05, 3.63) is 65.2 Å². The fraction of sp³-hybridized carbons (Fsp3) is 0.346. The Morgan fingerprint density at radius 2 is 1.71 bits per heavy atom. The van der Waals surface area contributed by atoms with Crippen molar-refractivity contribution in [2.75, 3.05) is 38.3 Å². The van der Waals surface area contributed by atoms with Crippen LogP contribution in [0.1, 0.15) is 31.4 Å². The molecule has 0 aromatic heterocycles. The first-order valence-electron chi connectivity index (χ1n) is 11.4.